The minimum atomic E-state index is -0.0356. The van der Waals surface area contributed by atoms with Gasteiger partial charge in [-0.3, -0.25) is 4.79 Å². The van der Waals surface area contributed by atoms with Gasteiger partial charge in [-0.2, -0.15) is 5.26 Å². The van der Waals surface area contributed by atoms with Crippen LogP contribution in [-0.4, -0.2) is 12.5 Å². The molecule has 0 radical (unpaired) electrons. The number of rotatable bonds is 7. The van der Waals surface area contributed by atoms with E-state index in [9.17, 15) is 4.79 Å². The van der Waals surface area contributed by atoms with Gasteiger partial charge in [-0.05, 0) is 30.0 Å². The molecule has 0 aliphatic heterocycles. The highest BCUT2D eigenvalue weighted by molar-refractivity contribution is 5.92. The van der Waals surface area contributed by atoms with Crippen LogP contribution in [0.15, 0.2) is 24.3 Å². The van der Waals surface area contributed by atoms with Gasteiger partial charge in [0.25, 0.3) is 0 Å². The lowest BCUT2D eigenvalue weighted by molar-refractivity contribution is -0.118. The van der Waals surface area contributed by atoms with Crippen molar-refractivity contribution in [3.63, 3.8) is 0 Å². The Morgan fingerprint density at radius 2 is 2.00 bits per heavy atom. The van der Waals surface area contributed by atoms with Gasteiger partial charge in [-0.15, -0.1) is 0 Å². The Labute approximate surface area is 127 Å². The summed E-state index contributed by atoms with van der Waals surface area (Å²) in [4.78, 5) is 11.7. The van der Waals surface area contributed by atoms with Gasteiger partial charge in [0.1, 0.15) is 0 Å². The molecule has 4 nitrogen and oxygen atoms in total. The molecule has 1 aromatic carbocycles. The highest BCUT2D eigenvalue weighted by Gasteiger charge is 2.17. The Kier molecular flexibility index (Phi) is 6.23. The summed E-state index contributed by atoms with van der Waals surface area (Å²) in [6.45, 7) is 8.81. The molecule has 0 aromatic heterocycles. The lowest BCUT2D eigenvalue weighted by Crippen LogP contribution is -2.23. The van der Waals surface area contributed by atoms with E-state index >= 15 is 0 Å². The topological polar surface area (TPSA) is 64.9 Å². The molecule has 1 aromatic rings. The minimum Gasteiger partial charge on any atom is -0.384 e. The van der Waals surface area contributed by atoms with Crippen LogP contribution in [0.3, 0.4) is 0 Å². The predicted octanol–water partition coefficient (Wildman–Crippen LogP) is 4.02. The molecular formula is C17H25N3O. The fraction of sp³-hybridized carbons (Fsp3) is 0.529. The summed E-state index contributed by atoms with van der Waals surface area (Å²) in [6.07, 6.45) is 1.43. The Morgan fingerprint density at radius 3 is 2.62 bits per heavy atom. The number of carbonyl (C=O) groups is 1. The van der Waals surface area contributed by atoms with Gasteiger partial charge in [0.05, 0.1) is 6.07 Å². The smallest absolute Gasteiger partial charge is 0.226 e. The van der Waals surface area contributed by atoms with Gasteiger partial charge in [-0.1, -0.05) is 33.8 Å². The van der Waals surface area contributed by atoms with Crippen LogP contribution < -0.4 is 10.6 Å². The van der Waals surface area contributed by atoms with Crippen LogP contribution in [-0.2, 0) is 4.79 Å². The second kappa shape index (κ2) is 7.68. The van der Waals surface area contributed by atoms with Crippen LogP contribution in [0.5, 0.6) is 0 Å². The fourth-order valence-corrected chi connectivity index (χ4v) is 1.82. The first-order valence-electron chi connectivity index (χ1n) is 7.36. The van der Waals surface area contributed by atoms with Crippen molar-refractivity contribution in [2.45, 2.75) is 40.5 Å². The van der Waals surface area contributed by atoms with E-state index in [1.165, 1.54) is 0 Å². The van der Waals surface area contributed by atoms with E-state index < -0.39 is 0 Å². The van der Waals surface area contributed by atoms with Gasteiger partial charge < -0.3 is 10.6 Å². The Bertz CT molecular complexity index is 515. The monoisotopic (exact) mass is 287 g/mol. The number of hydrogen-bond acceptors (Lipinski definition) is 3. The van der Waals surface area contributed by atoms with Crippen molar-refractivity contribution in [2.24, 2.45) is 11.3 Å². The first kappa shape index (κ1) is 17.0. The number of amides is 1. The average Bonchev–Trinajstić information content (AvgIpc) is 2.43. The average molecular weight is 287 g/mol. The van der Waals surface area contributed by atoms with Crippen molar-refractivity contribution in [1.29, 1.82) is 5.26 Å². The van der Waals surface area contributed by atoms with Crippen LogP contribution in [0.2, 0.25) is 0 Å². The van der Waals surface area contributed by atoms with Crippen molar-refractivity contribution in [3.05, 3.63) is 24.3 Å². The second-order valence-electron chi connectivity index (χ2n) is 6.40. The Balaban J connectivity index is 2.61. The maximum Gasteiger partial charge on any atom is 0.226 e. The summed E-state index contributed by atoms with van der Waals surface area (Å²) in [5.74, 6) is -0.0203. The van der Waals surface area contributed by atoms with Crippen molar-refractivity contribution >= 4 is 17.3 Å². The number of nitriles is 1. The molecule has 0 fully saturated rings. The van der Waals surface area contributed by atoms with Crippen LogP contribution in [0.1, 0.15) is 40.5 Å². The summed E-state index contributed by atoms with van der Waals surface area (Å²) < 4.78 is 0. The number of benzene rings is 1. The molecule has 0 aliphatic carbocycles. The molecule has 2 N–H and O–H groups in total. The zero-order valence-electron chi connectivity index (χ0n) is 13.4. The van der Waals surface area contributed by atoms with Gasteiger partial charge in [0.15, 0.2) is 0 Å². The van der Waals surface area contributed by atoms with Crippen molar-refractivity contribution in [2.75, 3.05) is 17.2 Å². The summed E-state index contributed by atoms with van der Waals surface area (Å²) in [5.41, 5.74) is 1.84. The molecule has 0 aliphatic rings. The number of nitrogens with one attached hydrogen (secondary N) is 2. The van der Waals surface area contributed by atoms with Crippen molar-refractivity contribution < 1.29 is 4.79 Å². The molecule has 0 unspecified atom stereocenters. The lowest BCUT2D eigenvalue weighted by Gasteiger charge is -2.24. The quantitative estimate of drug-likeness (QED) is 0.796. The summed E-state index contributed by atoms with van der Waals surface area (Å²) in [7, 11) is 0. The highest BCUT2D eigenvalue weighted by atomic mass is 16.1. The molecule has 0 saturated carbocycles. The van der Waals surface area contributed by atoms with E-state index in [-0.39, 0.29) is 17.2 Å². The third-order valence-electron chi connectivity index (χ3n) is 3.34. The molecule has 21 heavy (non-hydrogen) atoms. The van der Waals surface area contributed by atoms with Crippen molar-refractivity contribution in [3.8, 4) is 6.07 Å². The number of carbonyl (C=O) groups excluding carboxylic acids is 1. The summed E-state index contributed by atoms with van der Waals surface area (Å²) >= 11 is 0. The number of nitrogens with zero attached hydrogens (tertiary/aromatic N) is 1. The van der Waals surface area contributed by atoms with Crippen LogP contribution >= 0.6 is 0 Å². The van der Waals surface area contributed by atoms with E-state index in [1.54, 1.807) is 0 Å². The maximum absolute atomic E-state index is 11.7. The van der Waals surface area contributed by atoms with E-state index in [0.717, 1.165) is 24.3 Å². The maximum atomic E-state index is 11.7. The summed E-state index contributed by atoms with van der Waals surface area (Å²) in [6, 6.07) is 9.90. The molecule has 0 atom stereocenters. The Hall–Kier alpha value is -2.02. The molecule has 0 saturated heterocycles. The number of anilines is 2. The van der Waals surface area contributed by atoms with E-state index in [1.807, 2.05) is 38.1 Å². The third kappa shape index (κ3) is 6.31. The van der Waals surface area contributed by atoms with Gasteiger partial charge >= 0.3 is 0 Å². The minimum absolute atomic E-state index is 0.0153. The van der Waals surface area contributed by atoms with E-state index in [2.05, 4.69) is 30.6 Å². The molecule has 0 spiro atoms. The Morgan fingerprint density at radius 1 is 1.33 bits per heavy atom. The predicted molar refractivity (Wildman–Crippen MR) is 87.0 cm³/mol. The van der Waals surface area contributed by atoms with Gasteiger partial charge in [0.2, 0.25) is 5.91 Å². The molecule has 4 heteroatoms. The van der Waals surface area contributed by atoms with Crippen LogP contribution in [0.25, 0.3) is 0 Å². The van der Waals surface area contributed by atoms with Crippen LogP contribution in [0, 0.1) is 22.7 Å². The first-order chi connectivity index (χ1) is 9.84. The third-order valence-corrected chi connectivity index (χ3v) is 3.34. The first-order valence-corrected chi connectivity index (χ1v) is 7.36. The SMILES string of the molecule is CC(C)C(=O)Nc1cccc(NCC(C)(C)CCC#N)c1. The van der Waals surface area contributed by atoms with Crippen LogP contribution in [0.4, 0.5) is 11.4 Å². The molecule has 0 heterocycles. The molecular weight excluding hydrogens is 262 g/mol. The normalized spacial score (nSPS) is 11.0. The standard InChI is InChI=1S/C17H25N3O/c1-13(2)16(21)20-15-8-5-7-14(11-15)19-12-17(3,4)9-6-10-18/h5,7-8,11,13,19H,6,9,12H2,1-4H3,(H,20,21). The second-order valence-corrected chi connectivity index (χ2v) is 6.40. The molecule has 1 rings (SSSR count). The van der Waals surface area contributed by atoms with Gasteiger partial charge in [-0.25, -0.2) is 0 Å². The highest BCUT2D eigenvalue weighted by Crippen LogP contribution is 2.24. The lowest BCUT2D eigenvalue weighted by atomic mass is 9.88. The van der Waals surface area contributed by atoms with E-state index in [4.69, 9.17) is 5.26 Å². The van der Waals surface area contributed by atoms with E-state index in [0.29, 0.717) is 6.42 Å². The number of hydrogen-bond donors (Lipinski definition) is 2. The fourth-order valence-electron chi connectivity index (χ4n) is 1.82. The zero-order chi connectivity index (χ0) is 15.9. The zero-order valence-corrected chi connectivity index (χ0v) is 13.4. The molecule has 0 bridgehead atoms. The van der Waals surface area contributed by atoms with Gasteiger partial charge in [0, 0.05) is 30.3 Å². The molecule has 1 amide bonds. The largest absolute Gasteiger partial charge is 0.384 e. The van der Waals surface area contributed by atoms with Crippen molar-refractivity contribution in [1.82, 2.24) is 0 Å². The summed E-state index contributed by atoms with van der Waals surface area (Å²) in [5, 5.41) is 14.9. The molecule has 114 valence electrons.